The minimum absolute atomic E-state index is 0.160. The Morgan fingerprint density at radius 3 is 2.93 bits per heavy atom. The lowest BCUT2D eigenvalue weighted by atomic mass is 10.1. The quantitative estimate of drug-likeness (QED) is 0.779. The monoisotopic (exact) mass is 201 g/mol. The van der Waals surface area contributed by atoms with Gasteiger partial charge in [0.2, 0.25) is 0 Å². The Labute approximate surface area is 88.7 Å². The number of aromatic nitrogens is 2. The van der Waals surface area contributed by atoms with Crippen LogP contribution in [0.15, 0.2) is 18.2 Å². The molecular formula is C12H15N3. The molecule has 3 rings (SSSR count). The first-order valence-electron chi connectivity index (χ1n) is 5.40. The number of rotatable bonds is 2. The molecule has 0 amide bonds. The number of imidazole rings is 1. The molecule has 1 aliphatic rings. The van der Waals surface area contributed by atoms with E-state index in [0.717, 1.165) is 16.9 Å². The summed E-state index contributed by atoms with van der Waals surface area (Å²) in [5, 5.41) is 0. The zero-order valence-corrected chi connectivity index (χ0v) is 8.88. The van der Waals surface area contributed by atoms with Crippen LogP contribution in [0.5, 0.6) is 0 Å². The predicted octanol–water partition coefficient (Wildman–Crippen LogP) is 1.86. The molecule has 0 saturated heterocycles. The van der Waals surface area contributed by atoms with Crippen LogP contribution in [0.2, 0.25) is 0 Å². The highest BCUT2D eigenvalue weighted by Crippen LogP contribution is 2.46. The summed E-state index contributed by atoms with van der Waals surface area (Å²) in [5.74, 6) is 1.07. The zero-order chi connectivity index (χ0) is 10.5. The van der Waals surface area contributed by atoms with Crippen molar-refractivity contribution in [2.45, 2.75) is 25.2 Å². The van der Waals surface area contributed by atoms with Crippen molar-refractivity contribution in [1.29, 1.82) is 0 Å². The van der Waals surface area contributed by atoms with Crippen molar-refractivity contribution < 1.29 is 0 Å². The summed E-state index contributed by atoms with van der Waals surface area (Å²) in [6, 6.07) is 6.30. The number of hydrogen-bond acceptors (Lipinski definition) is 2. The average molecular weight is 201 g/mol. The summed E-state index contributed by atoms with van der Waals surface area (Å²) in [7, 11) is 0. The largest absolute Gasteiger partial charge is 0.341 e. The van der Waals surface area contributed by atoms with E-state index in [1.54, 1.807) is 0 Å². The number of nitrogens with zero attached hydrogens (tertiary/aromatic N) is 1. The van der Waals surface area contributed by atoms with Gasteiger partial charge in [-0.2, -0.15) is 0 Å². The Hall–Kier alpha value is -1.35. The second-order valence-corrected chi connectivity index (χ2v) is 4.59. The third-order valence-electron chi connectivity index (χ3n) is 3.38. The number of fused-ring (bicyclic) bond motifs is 1. The van der Waals surface area contributed by atoms with E-state index in [0.29, 0.717) is 6.54 Å². The van der Waals surface area contributed by atoms with E-state index in [1.807, 2.05) is 0 Å². The standard InChI is InChI=1S/C12H15N3/c1-8-2-3-9-10(6-8)15-11(14-9)12(7-13)4-5-12/h2-3,6H,4-5,7,13H2,1H3,(H,14,15). The maximum Gasteiger partial charge on any atom is 0.114 e. The summed E-state index contributed by atoms with van der Waals surface area (Å²) < 4.78 is 0. The number of nitrogens with two attached hydrogens (primary N) is 1. The molecule has 3 N–H and O–H groups in total. The summed E-state index contributed by atoms with van der Waals surface area (Å²) >= 11 is 0. The molecule has 1 aromatic heterocycles. The lowest BCUT2D eigenvalue weighted by molar-refractivity contribution is 0.662. The van der Waals surface area contributed by atoms with Gasteiger partial charge < -0.3 is 10.7 Å². The maximum absolute atomic E-state index is 5.79. The number of H-pyrrole nitrogens is 1. The lowest BCUT2D eigenvalue weighted by Crippen LogP contribution is -2.20. The highest BCUT2D eigenvalue weighted by atomic mass is 15.0. The Morgan fingerprint density at radius 1 is 1.47 bits per heavy atom. The van der Waals surface area contributed by atoms with E-state index in [2.05, 4.69) is 35.1 Å². The molecule has 3 heteroatoms. The molecule has 0 spiro atoms. The molecule has 15 heavy (non-hydrogen) atoms. The predicted molar refractivity (Wildman–Crippen MR) is 60.8 cm³/mol. The lowest BCUT2D eigenvalue weighted by Gasteiger charge is -2.06. The Balaban J connectivity index is 2.14. The minimum atomic E-state index is 0.160. The first-order chi connectivity index (χ1) is 7.23. The van der Waals surface area contributed by atoms with Crippen LogP contribution in [0.4, 0.5) is 0 Å². The zero-order valence-electron chi connectivity index (χ0n) is 8.88. The van der Waals surface area contributed by atoms with E-state index in [4.69, 9.17) is 5.73 Å². The van der Waals surface area contributed by atoms with Gasteiger partial charge in [-0.3, -0.25) is 0 Å². The van der Waals surface area contributed by atoms with Gasteiger partial charge in [-0.05, 0) is 37.5 Å². The second kappa shape index (κ2) is 2.83. The molecule has 0 aliphatic heterocycles. The van der Waals surface area contributed by atoms with Crippen molar-refractivity contribution in [3.63, 3.8) is 0 Å². The fraction of sp³-hybridized carbons (Fsp3) is 0.417. The smallest absolute Gasteiger partial charge is 0.114 e. The summed E-state index contributed by atoms with van der Waals surface area (Å²) in [6.07, 6.45) is 2.34. The maximum atomic E-state index is 5.79. The van der Waals surface area contributed by atoms with E-state index >= 15 is 0 Å². The molecule has 0 bridgehead atoms. The summed E-state index contributed by atoms with van der Waals surface area (Å²) in [4.78, 5) is 8.02. The minimum Gasteiger partial charge on any atom is -0.341 e. The highest BCUT2D eigenvalue weighted by molar-refractivity contribution is 5.76. The Morgan fingerprint density at radius 2 is 2.27 bits per heavy atom. The van der Waals surface area contributed by atoms with Crippen LogP contribution in [0.1, 0.15) is 24.2 Å². The normalized spacial score (nSPS) is 18.3. The van der Waals surface area contributed by atoms with Crippen LogP contribution < -0.4 is 5.73 Å². The van der Waals surface area contributed by atoms with Crippen LogP contribution in [0.25, 0.3) is 11.0 Å². The molecule has 1 heterocycles. The van der Waals surface area contributed by atoms with Crippen molar-refractivity contribution in [3.8, 4) is 0 Å². The molecule has 1 aromatic carbocycles. The van der Waals surface area contributed by atoms with Gasteiger partial charge in [-0.25, -0.2) is 4.98 Å². The Bertz CT molecular complexity index is 509. The fourth-order valence-electron chi connectivity index (χ4n) is 2.06. The summed E-state index contributed by atoms with van der Waals surface area (Å²) in [6.45, 7) is 2.79. The Kier molecular flexibility index (Phi) is 1.68. The number of aromatic amines is 1. The second-order valence-electron chi connectivity index (χ2n) is 4.59. The van der Waals surface area contributed by atoms with Crippen molar-refractivity contribution in [1.82, 2.24) is 9.97 Å². The summed E-state index contributed by atoms with van der Waals surface area (Å²) in [5.41, 5.74) is 9.39. The van der Waals surface area contributed by atoms with Crippen LogP contribution in [-0.4, -0.2) is 16.5 Å². The first-order valence-corrected chi connectivity index (χ1v) is 5.40. The number of nitrogens with one attached hydrogen (secondary N) is 1. The number of aryl methyl sites for hydroxylation is 1. The van der Waals surface area contributed by atoms with Crippen LogP contribution >= 0.6 is 0 Å². The van der Waals surface area contributed by atoms with Crippen LogP contribution in [-0.2, 0) is 5.41 Å². The van der Waals surface area contributed by atoms with Gasteiger partial charge in [0.05, 0.1) is 11.0 Å². The van der Waals surface area contributed by atoms with Crippen molar-refractivity contribution >= 4 is 11.0 Å². The van der Waals surface area contributed by atoms with Crippen LogP contribution in [0, 0.1) is 6.92 Å². The highest BCUT2D eigenvalue weighted by Gasteiger charge is 2.45. The molecule has 78 valence electrons. The van der Waals surface area contributed by atoms with Gasteiger partial charge in [0.1, 0.15) is 5.82 Å². The van der Waals surface area contributed by atoms with Crippen molar-refractivity contribution in [3.05, 3.63) is 29.6 Å². The molecule has 1 aliphatic carbocycles. The fourth-order valence-corrected chi connectivity index (χ4v) is 2.06. The topological polar surface area (TPSA) is 54.7 Å². The SMILES string of the molecule is Cc1ccc2nc(C3(CN)CC3)[nH]c2c1. The van der Waals surface area contributed by atoms with Gasteiger partial charge in [0.15, 0.2) is 0 Å². The molecule has 0 radical (unpaired) electrons. The van der Waals surface area contributed by atoms with Crippen LogP contribution in [0.3, 0.4) is 0 Å². The van der Waals surface area contributed by atoms with E-state index in [-0.39, 0.29) is 5.41 Å². The molecule has 1 saturated carbocycles. The molecule has 2 aromatic rings. The van der Waals surface area contributed by atoms with Gasteiger partial charge >= 0.3 is 0 Å². The number of hydrogen-bond donors (Lipinski definition) is 2. The van der Waals surface area contributed by atoms with Gasteiger partial charge in [0, 0.05) is 12.0 Å². The molecular weight excluding hydrogens is 186 g/mol. The van der Waals surface area contributed by atoms with E-state index in [1.165, 1.54) is 18.4 Å². The molecule has 1 fully saturated rings. The first kappa shape index (κ1) is 8.92. The van der Waals surface area contributed by atoms with Crippen molar-refractivity contribution in [2.24, 2.45) is 5.73 Å². The average Bonchev–Trinajstić information content (AvgIpc) is 2.93. The number of benzene rings is 1. The van der Waals surface area contributed by atoms with Crippen molar-refractivity contribution in [2.75, 3.05) is 6.54 Å². The van der Waals surface area contributed by atoms with Gasteiger partial charge in [-0.15, -0.1) is 0 Å². The third-order valence-corrected chi connectivity index (χ3v) is 3.38. The van der Waals surface area contributed by atoms with Gasteiger partial charge in [0.25, 0.3) is 0 Å². The molecule has 0 unspecified atom stereocenters. The molecule has 3 nitrogen and oxygen atoms in total. The third kappa shape index (κ3) is 1.27. The van der Waals surface area contributed by atoms with Gasteiger partial charge in [-0.1, -0.05) is 6.07 Å². The van der Waals surface area contributed by atoms with E-state index < -0.39 is 0 Å². The molecule has 0 atom stereocenters. The van der Waals surface area contributed by atoms with E-state index in [9.17, 15) is 0 Å².